The molecule has 0 saturated carbocycles. The molecule has 7 nitrogen and oxygen atoms in total. The first-order valence-corrected chi connectivity index (χ1v) is 14.1. The maximum atomic E-state index is 13.8. The Morgan fingerprint density at radius 3 is 2.36 bits per heavy atom. The molecular weight excluding hydrogens is 568 g/mol. The van der Waals surface area contributed by atoms with Gasteiger partial charge in [0, 0.05) is 33.6 Å². The summed E-state index contributed by atoms with van der Waals surface area (Å²) in [6.07, 6.45) is 0.418. The monoisotopic (exact) mass is 594 g/mol. The second-order valence-corrected chi connectivity index (χ2v) is 10.6. The Labute approximate surface area is 253 Å². The molecule has 2 N–H and O–H groups in total. The van der Waals surface area contributed by atoms with Crippen LogP contribution in [0, 0.1) is 0 Å². The van der Waals surface area contributed by atoms with Crippen molar-refractivity contribution >= 4 is 51.2 Å². The molecule has 1 aromatic heterocycles. The molecule has 0 aliphatic carbocycles. The van der Waals surface area contributed by atoms with Crippen LogP contribution in [0.25, 0.3) is 22.0 Å². The SMILES string of the molecule is COc1ccc([C@@H]2CC(c3c(-c4ccccc4)c4cc(Cl)ccc4[nH]c3=O)=NN2C(=S)Nc2ccccc2)cc1OC. The van der Waals surface area contributed by atoms with E-state index in [1.807, 2.05) is 91.0 Å². The van der Waals surface area contributed by atoms with Gasteiger partial charge in [0.25, 0.3) is 5.56 Å². The smallest absolute Gasteiger partial charge is 0.258 e. The molecule has 5 aromatic rings. The Morgan fingerprint density at radius 1 is 0.929 bits per heavy atom. The number of H-pyrrole nitrogens is 1. The number of pyridine rings is 1. The molecule has 0 amide bonds. The molecule has 0 fully saturated rings. The van der Waals surface area contributed by atoms with Crippen molar-refractivity contribution in [3.05, 3.63) is 124 Å². The van der Waals surface area contributed by atoms with Gasteiger partial charge in [0.1, 0.15) is 0 Å². The molecule has 1 aliphatic rings. The maximum Gasteiger partial charge on any atom is 0.258 e. The summed E-state index contributed by atoms with van der Waals surface area (Å²) >= 11 is 12.3. The lowest BCUT2D eigenvalue weighted by Gasteiger charge is -2.25. The van der Waals surface area contributed by atoms with Crippen LogP contribution in [0.2, 0.25) is 5.02 Å². The fourth-order valence-corrected chi connectivity index (χ4v) is 5.77. The van der Waals surface area contributed by atoms with Crippen LogP contribution in [0.15, 0.2) is 107 Å². The highest BCUT2D eigenvalue weighted by Crippen LogP contribution is 2.40. The summed E-state index contributed by atoms with van der Waals surface area (Å²) in [5.41, 5.74) is 4.94. The lowest BCUT2D eigenvalue weighted by atomic mass is 9.91. The summed E-state index contributed by atoms with van der Waals surface area (Å²) in [7, 11) is 3.20. The summed E-state index contributed by atoms with van der Waals surface area (Å²) < 4.78 is 11.1. The second kappa shape index (κ2) is 11.7. The number of ether oxygens (including phenoxy) is 2. The number of hydrogen-bond donors (Lipinski definition) is 2. The molecule has 0 unspecified atom stereocenters. The zero-order valence-electron chi connectivity index (χ0n) is 22.9. The molecule has 1 aliphatic heterocycles. The number of thiocarbonyl (C=S) groups is 1. The van der Waals surface area contributed by atoms with Crippen LogP contribution >= 0.6 is 23.8 Å². The summed E-state index contributed by atoms with van der Waals surface area (Å²) in [6.45, 7) is 0. The van der Waals surface area contributed by atoms with E-state index in [0.717, 1.165) is 27.8 Å². The topological polar surface area (TPSA) is 79.0 Å². The fourth-order valence-electron chi connectivity index (χ4n) is 5.32. The minimum absolute atomic E-state index is 0.239. The van der Waals surface area contributed by atoms with E-state index in [-0.39, 0.29) is 11.6 Å². The van der Waals surface area contributed by atoms with Gasteiger partial charge in [0.05, 0.1) is 31.5 Å². The van der Waals surface area contributed by atoms with Gasteiger partial charge in [0.15, 0.2) is 16.6 Å². The minimum Gasteiger partial charge on any atom is -0.493 e. The third-order valence-corrected chi connectivity index (χ3v) is 7.79. The number of benzene rings is 4. The van der Waals surface area contributed by atoms with Crippen LogP contribution in [0.1, 0.15) is 23.6 Å². The zero-order valence-corrected chi connectivity index (χ0v) is 24.5. The number of aromatic amines is 1. The molecule has 1 atom stereocenters. The van der Waals surface area contributed by atoms with Crippen molar-refractivity contribution in [3.8, 4) is 22.6 Å². The molecule has 6 rings (SSSR count). The first kappa shape index (κ1) is 27.5. The normalized spacial score (nSPS) is 14.5. The van der Waals surface area contributed by atoms with E-state index in [9.17, 15) is 4.79 Å². The third kappa shape index (κ3) is 5.22. The number of aromatic nitrogens is 1. The number of hydrazone groups is 1. The number of halogens is 1. The number of nitrogens with one attached hydrogen (secondary N) is 2. The van der Waals surface area contributed by atoms with Crippen LogP contribution in [0.5, 0.6) is 11.5 Å². The van der Waals surface area contributed by atoms with E-state index >= 15 is 0 Å². The van der Waals surface area contributed by atoms with Crippen molar-refractivity contribution in [2.75, 3.05) is 19.5 Å². The Morgan fingerprint density at radius 2 is 1.64 bits per heavy atom. The van der Waals surface area contributed by atoms with E-state index in [1.165, 1.54) is 0 Å². The van der Waals surface area contributed by atoms with Crippen LogP contribution in [0.4, 0.5) is 5.69 Å². The quantitative estimate of drug-likeness (QED) is 0.199. The average molecular weight is 595 g/mol. The van der Waals surface area contributed by atoms with Gasteiger partial charge >= 0.3 is 0 Å². The Bertz CT molecular complexity index is 1880. The molecule has 9 heteroatoms. The van der Waals surface area contributed by atoms with Crippen molar-refractivity contribution < 1.29 is 9.47 Å². The summed E-state index contributed by atoms with van der Waals surface area (Å²) in [5, 5.41) is 11.9. The molecule has 2 heterocycles. The summed E-state index contributed by atoms with van der Waals surface area (Å²) in [4.78, 5) is 16.9. The van der Waals surface area contributed by atoms with Gasteiger partial charge in [0.2, 0.25) is 0 Å². The average Bonchev–Trinajstić information content (AvgIpc) is 3.46. The largest absolute Gasteiger partial charge is 0.493 e. The number of hydrogen-bond acceptors (Lipinski definition) is 5. The highest BCUT2D eigenvalue weighted by molar-refractivity contribution is 7.80. The lowest BCUT2D eigenvalue weighted by Crippen LogP contribution is -2.31. The molecule has 210 valence electrons. The lowest BCUT2D eigenvalue weighted by molar-refractivity contribution is 0.348. The Kier molecular flexibility index (Phi) is 7.65. The van der Waals surface area contributed by atoms with E-state index in [1.54, 1.807) is 25.3 Å². The standard InChI is InChI=1S/C33H27ClN4O3S/c1-40-28-16-13-21(17-29(28)41-2)27-19-26(37-38(27)33(42)35-23-11-7-4-8-12-23)31-30(20-9-5-3-6-10-20)24-18-22(34)14-15-25(24)36-32(31)39/h3-18,27H,19H2,1-2H3,(H,35,42)(H,36,39)/t27-/m0/s1. The predicted molar refractivity (Wildman–Crippen MR) is 173 cm³/mol. The third-order valence-electron chi connectivity index (χ3n) is 7.26. The van der Waals surface area contributed by atoms with Gasteiger partial charge in [-0.25, -0.2) is 5.01 Å². The summed E-state index contributed by atoms with van der Waals surface area (Å²) in [5.74, 6) is 1.21. The van der Waals surface area contributed by atoms with Crippen molar-refractivity contribution in [3.63, 3.8) is 0 Å². The highest BCUT2D eigenvalue weighted by atomic mass is 35.5. The molecule has 0 bridgehead atoms. The van der Waals surface area contributed by atoms with Gasteiger partial charge in [-0.1, -0.05) is 66.2 Å². The van der Waals surface area contributed by atoms with Crippen LogP contribution in [0.3, 0.4) is 0 Å². The van der Waals surface area contributed by atoms with Gasteiger partial charge in [-0.2, -0.15) is 5.10 Å². The number of fused-ring (bicyclic) bond motifs is 1. The minimum atomic E-state index is -0.318. The van der Waals surface area contributed by atoms with Gasteiger partial charge < -0.3 is 19.8 Å². The van der Waals surface area contributed by atoms with Crippen molar-refractivity contribution in [2.24, 2.45) is 5.10 Å². The highest BCUT2D eigenvalue weighted by Gasteiger charge is 2.34. The predicted octanol–water partition coefficient (Wildman–Crippen LogP) is 7.41. The molecule has 0 saturated heterocycles. The van der Waals surface area contributed by atoms with E-state index in [4.69, 9.17) is 38.4 Å². The molecule has 42 heavy (non-hydrogen) atoms. The number of rotatable bonds is 6. The van der Waals surface area contributed by atoms with Crippen molar-refractivity contribution in [1.29, 1.82) is 0 Å². The molecule has 0 spiro atoms. The van der Waals surface area contributed by atoms with Crippen LogP contribution in [-0.2, 0) is 0 Å². The number of nitrogens with zero attached hydrogens (tertiary/aromatic N) is 2. The first-order chi connectivity index (χ1) is 20.5. The first-order valence-electron chi connectivity index (χ1n) is 13.3. The molecule has 0 radical (unpaired) electrons. The van der Waals surface area contributed by atoms with Gasteiger partial charge in [-0.3, -0.25) is 4.79 Å². The van der Waals surface area contributed by atoms with Crippen molar-refractivity contribution in [1.82, 2.24) is 9.99 Å². The van der Waals surface area contributed by atoms with Crippen LogP contribution in [-0.4, -0.2) is 35.0 Å². The van der Waals surface area contributed by atoms with E-state index < -0.39 is 0 Å². The fraction of sp³-hybridized carbons (Fsp3) is 0.121. The zero-order chi connectivity index (χ0) is 29.2. The van der Waals surface area contributed by atoms with Crippen LogP contribution < -0.4 is 20.3 Å². The summed E-state index contributed by atoms with van der Waals surface area (Å²) in [6, 6.07) is 30.4. The Balaban J connectivity index is 1.52. The van der Waals surface area contributed by atoms with Gasteiger partial charge in [-0.05, 0) is 65.8 Å². The number of methoxy groups -OCH3 is 2. The van der Waals surface area contributed by atoms with Crippen molar-refractivity contribution in [2.45, 2.75) is 12.5 Å². The Hall–Kier alpha value is -4.66. The van der Waals surface area contributed by atoms with E-state index in [2.05, 4.69) is 10.3 Å². The number of anilines is 1. The van der Waals surface area contributed by atoms with Gasteiger partial charge in [-0.15, -0.1) is 0 Å². The second-order valence-electron chi connectivity index (χ2n) is 9.78. The molecule has 4 aromatic carbocycles. The maximum absolute atomic E-state index is 13.8. The number of para-hydroxylation sites is 1. The molecular formula is C33H27ClN4O3S. The van der Waals surface area contributed by atoms with E-state index in [0.29, 0.717) is 44.8 Å².